The van der Waals surface area contributed by atoms with Gasteiger partial charge in [0.2, 0.25) is 10.0 Å². The molecule has 0 saturated carbocycles. The molecule has 0 spiro atoms. The average molecular weight is 326 g/mol. The summed E-state index contributed by atoms with van der Waals surface area (Å²) < 4.78 is 26.8. The van der Waals surface area contributed by atoms with Crippen LogP contribution in [0.2, 0.25) is 0 Å². The Morgan fingerprint density at radius 3 is 1.91 bits per heavy atom. The number of sulfonamides is 1. The maximum Gasteiger partial charge on any atom is 0.243 e. The van der Waals surface area contributed by atoms with Crippen LogP contribution < -0.4 is 0 Å². The summed E-state index contributed by atoms with van der Waals surface area (Å²) in [5.41, 5.74) is 0.519. The topological polar surface area (TPSA) is 57.7 Å². The molecule has 1 rings (SSSR count). The minimum absolute atomic E-state index is 0.0715. The van der Waals surface area contributed by atoms with Gasteiger partial charge in [0.1, 0.15) is 0 Å². The van der Waals surface area contributed by atoms with E-state index in [1.807, 2.05) is 6.92 Å². The second-order valence-electron chi connectivity index (χ2n) is 5.10. The van der Waals surface area contributed by atoms with Gasteiger partial charge in [0.05, 0.1) is 4.90 Å². The summed E-state index contributed by atoms with van der Waals surface area (Å²) in [5, 5.41) is 0. The van der Waals surface area contributed by atoms with E-state index in [1.54, 1.807) is 12.1 Å². The van der Waals surface area contributed by atoms with Crippen LogP contribution in [-0.4, -0.2) is 56.1 Å². The molecule has 124 valence electrons. The monoisotopic (exact) mass is 326 g/mol. The number of hydrogen-bond donors (Lipinski definition) is 0. The number of Topliss-reactive ketones (excluding diaryl/α,β-unsaturated/α-hetero) is 1. The molecule has 0 radical (unpaired) electrons. The molecule has 0 aliphatic rings. The van der Waals surface area contributed by atoms with Crippen molar-refractivity contribution in [2.75, 3.05) is 32.7 Å². The molecule has 5 nitrogen and oxygen atoms in total. The summed E-state index contributed by atoms with van der Waals surface area (Å²) in [6, 6.07) is 6.14. The lowest BCUT2D eigenvalue weighted by atomic mass is 10.2. The van der Waals surface area contributed by atoms with Gasteiger partial charge in [0, 0.05) is 25.2 Å². The molecule has 6 heteroatoms. The van der Waals surface area contributed by atoms with Crippen molar-refractivity contribution in [1.82, 2.24) is 9.21 Å². The Morgan fingerprint density at radius 1 is 0.955 bits per heavy atom. The van der Waals surface area contributed by atoms with Gasteiger partial charge in [0.15, 0.2) is 5.78 Å². The van der Waals surface area contributed by atoms with Gasteiger partial charge in [-0.05, 0) is 32.1 Å². The molecule has 0 N–H and O–H groups in total. The zero-order valence-corrected chi connectivity index (χ0v) is 14.7. The van der Waals surface area contributed by atoms with Crippen molar-refractivity contribution in [3.05, 3.63) is 29.8 Å². The zero-order chi connectivity index (χ0) is 16.8. The fraction of sp³-hybridized carbons (Fsp3) is 0.562. The molecule has 0 fully saturated rings. The molecule has 0 bridgehead atoms. The van der Waals surface area contributed by atoms with Crippen molar-refractivity contribution in [2.24, 2.45) is 0 Å². The Labute approximate surface area is 134 Å². The van der Waals surface area contributed by atoms with E-state index >= 15 is 0 Å². The number of likely N-dealkylation sites (N-methyl/N-ethyl adjacent to an activating group) is 2. The van der Waals surface area contributed by atoms with Gasteiger partial charge in [-0.3, -0.25) is 4.79 Å². The molecular formula is C16H26N2O3S. The molecule has 0 aromatic heterocycles. The normalized spacial score (nSPS) is 12.1. The van der Waals surface area contributed by atoms with Crippen LogP contribution in [0.5, 0.6) is 0 Å². The molecule has 0 heterocycles. The lowest BCUT2D eigenvalue weighted by Crippen LogP contribution is -2.38. The number of nitrogens with zero attached hydrogens (tertiary/aromatic N) is 2. The lowest BCUT2D eigenvalue weighted by molar-refractivity contribution is 0.101. The highest BCUT2D eigenvalue weighted by Gasteiger charge is 2.23. The number of ketones is 1. The minimum Gasteiger partial charge on any atom is -0.303 e. The Morgan fingerprint density at radius 2 is 1.50 bits per heavy atom. The molecule has 22 heavy (non-hydrogen) atoms. The first-order valence-electron chi connectivity index (χ1n) is 7.70. The van der Waals surface area contributed by atoms with Crippen LogP contribution in [0.25, 0.3) is 0 Å². The van der Waals surface area contributed by atoms with Gasteiger partial charge in [-0.2, -0.15) is 4.31 Å². The number of hydrogen-bond acceptors (Lipinski definition) is 4. The van der Waals surface area contributed by atoms with E-state index in [4.69, 9.17) is 0 Å². The molecule has 1 aromatic carbocycles. The summed E-state index contributed by atoms with van der Waals surface area (Å²) in [5.74, 6) is -0.0715. The van der Waals surface area contributed by atoms with E-state index < -0.39 is 10.0 Å². The van der Waals surface area contributed by atoms with E-state index in [1.165, 1.54) is 23.4 Å². The third kappa shape index (κ3) is 4.63. The van der Waals surface area contributed by atoms with Gasteiger partial charge in [-0.25, -0.2) is 8.42 Å². The average Bonchev–Trinajstić information content (AvgIpc) is 2.51. The van der Waals surface area contributed by atoms with Crippen LogP contribution >= 0.6 is 0 Å². The van der Waals surface area contributed by atoms with E-state index in [2.05, 4.69) is 18.7 Å². The molecule has 0 saturated heterocycles. The number of carbonyl (C=O) groups excluding carboxylic acids is 1. The lowest BCUT2D eigenvalue weighted by Gasteiger charge is -2.25. The highest BCUT2D eigenvalue weighted by molar-refractivity contribution is 7.89. The fourth-order valence-corrected chi connectivity index (χ4v) is 3.69. The summed E-state index contributed by atoms with van der Waals surface area (Å²) in [7, 11) is -3.51. The highest BCUT2D eigenvalue weighted by Crippen LogP contribution is 2.16. The van der Waals surface area contributed by atoms with Crippen molar-refractivity contribution < 1.29 is 13.2 Å². The summed E-state index contributed by atoms with van der Waals surface area (Å²) >= 11 is 0. The largest absolute Gasteiger partial charge is 0.303 e. The maximum absolute atomic E-state index is 12.7. The standard InChI is InChI=1S/C16H26N2O3S/c1-5-17(6-2)12-13-18(7-3)22(20,21)16-10-8-15(9-11-16)14(4)19/h8-11H,5-7,12-13H2,1-4H3. The van der Waals surface area contributed by atoms with Crippen molar-refractivity contribution >= 4 is 15.8 Å². The summed E-state index contributed by atoms with van der Waals surface area (Å²) in [6.45, 7) is 10.8. The van der Waals surface area contributed by atoms with Gasteiger partial charge < -0.3 is 4.90 Å². The number of benzene rings is 1. The Kier molecular flexibility index (Phi) is 7.19. The van der Waals surface area contributed by atoms with Crippen LogP contribution in [0, 0.1) is 0 Å². The number of carbonyl (C=O) groups is 1. The summed E-state index contributed by atoms with van der Waals surface area (Å²) in [4.78, 5) is 13.7. The van der Waals surface area contributed by atoms with Gasteiger partial charge in [-0.15, -0.1) is 0 Å². The van der Waals surface area contributed by atoms with Crippen LogP contribution in [0.15, 0.2) is 29.2 Å². The van der Waals surface area contributed by atoms with Crippen molar-refractivity contribution in [1.29, 1.82) is 0 Å². The third-order valence-corrected chi connectivity index (χ3v) is 5.80. The zero-order valence-electron chi connectivity index (χ0n) is 13.9. The highest BCUT2D eigenvalue weighted by atomic mass is 32.2. The number of rotatable bonds is 9. The molecule has 0 aliphatic carbocycles. The first-order chi connectivity index (χ1) is 10.4. The fourth-order valence-electron chi connectivity index (χ4n) is 2.25. The van der Waals surface area contributed by atoms with Crippen LogP contribution in [0.1, 0.15) is 38.1 Å². The first-order valence-corrected chi connectivity index (χ1v) is 9.14. The van der Waals surface area contributed by atoms with Crippen molar-refractivity contribution in [3.63, 3.8) is 0 Å². The first kappa shape index (κ1) is 18.8. The SMILES string of the molecule is CCN(CC)CCN(CC)S(=O)(=O)c1ccc(C(C)=O)cc1. The van der Waals surface area contributed by atoms with E-state index in [0.717, 1.165) is 13.1 Å². The second kappa shape index (κ2) is 8.41. The van der Waals surface area contributed by atoms with Crippen LogP contribution in [0.4, 0.5) is 0 Å². The van der Waals surface area contributed by atoms with Gasteiger partial charge in [-0.1, -0.05) is 32.9 Å². The smallest absolute Gasteiger partial charge is 0.243 e. The predicted molar refractivity (Wildman–Crippen MR) is 88.7 cm³/mol. The van der Waals surface area contributed by atoms with Crippen molar-refractivity contribution in [3.8, 4) is 0 Å². The predicted octanol–water partition coefficient (Wildman–Crippen LogP) is 2.24. The van der Waals surface area contributed by atoms with Crippen LogP contribution in [0.3, 0.4) is 0 Å². The summed E-state index contributed by atoms with van der Waals surface area (Å²) in [6.07, 6.45) is 0. The molecule has 0 unspecified atom stereocenters. The molecule has 1 aromatic rings. The Balaban J connectivity index is 2.91. The van der Waals surface area contributed by atoms with E-state index in [9.17, 15) is 13.2 Å². The molecule has 0 atom stereocenters. The second-order valence-corrected chi connectivity index (χ2v) is 7.04. The maximum atomic E-state index is 12.7. The molecule has 0 aliphatic heterocycles. The van der Waals surface area contributed by atoms with E-state index in [-0.39, 0.29) is 10.7 Å². The molecule has 0 amide bonds. The Hall–Kier alpha value is -1.24. The minimum atomic E-state index is -3.51. The van der Waals surface area contributed by atoms with Gasteiger partial charge in [0.25, 0.3) is 0 Å². The van der Waals surface area contributed by atoms with Gasteiger partial charge >= 0.3 is 0 Å². The molecular weight excluding hydrogens is 300 g/mol. The van der Waals surface area contributed by atoms with Crippen LogP contribution in [-0.2, 0) is 10.0 Å². The van der Waals surface area contributed by atoms with Crippen molar-refractivity contribution in [2.45, 2.75) is 32.6 Å². The third-order valence-electron chi connectivity index (χ3n) is 3.81. The quantitative estimate of drug-likeness (QED) is 0.653. The van der Waals surface area contributed by atoms with E-state index in [0.29, 0.717) is 25.2 Å². The Bertz CT molecular complexity index is 578.